The van der Waals surface area contributed by atoms with Gasteiger partial charge in [-0.05, 0) is 53.7 Å². The van der Waals surface area contributed by atoms with Crippen LogP contribution in [0.1, 0.15) is 86.3 Å². The van der Waals surface area contributed by atoms with Gasteiger partial charge in [0.25, 0.3) is 5.91 Å². The average molecular weight is 538 g/mol. The third-order valence-corrected chi connectivity index (χ3v) is 9.91. The van der Waals surface area contributed by atoms with Gasteiger partial charge in [0.2, 0.25) is 5.91 Å². The van der Waals surface area contributed by atoms with Crippen LogP contribution in [0.4, 0.5) is 5.13 Å². The Morgan fingerprint density at radius 1 is 1.24 bits per heavy atom. The van der Waals surface area contributed by atoms with E-state index in [2.05, 4.69) is 44.2 Å². The standard InChI is InChI=1S/C30H39N3O4S/c1-7-14-31-24(36)15-20-25-21(16-22-29(20,5)13-12-23(35)30(22,6)17-34)38-27(32-25)33-26(37)18-8-10-19(11-9-18)28(2,3)4/h1,8-11,20,22-23,34-35H,12-17H2,2-6H3,(H,31,36)(H,32,33,37)/t20-,22+,23-,29+,30+/m1/s1. The molecule has 204 valence electrons. The summed E-state index contributed by atoms with van der Waals surface area (Å²) < 4.78 is 0. The van der Waals surface area contributed by atoms with Crippen LogP contribution in [0.2, 0.25) is 0 Å². The summed E-state index contributed by atoms with van der Waals surface area (Å²) in [5.41, 5.74) is 1.44. The van der Waals surface area contributed by atoms with Gasteiger partial charge >= 0.3 is 0 Å². The van der Waals surface area contributed by atoms with Crippen LogP contribution in [0.15, 0.2) is 24.3 Å². The highest BCUT2D eigenvalue weighted by Crippen LogP contribution is 2.62. The van der Waals surface area contributed by atoms with Gasteiger partial charge in [0.05, 0.1) is 24.9 Å². The highest BCUT2D eigenvalue weighted by molar-refractivity contribution is 7.15. The lowest BCUT2D eigenvalue weighted by molar-refractivity contribution is -0.144. The normalized spacial score (nSPS) is 28.5. The number of nitrogens with one attached hydrogen (secondary N) is 2. The molecule has 0 spiro atoms. The van der Waals surface area contributed by atoms with E-state index in [1.807, 2.05) is 31.2 Å². The maximum absolute atomic E-state index is 13.1. The summed E-state index contributed by atoms with van der Waals surface area (Å²) in [6.45, 7) is 10.5. The van der Waals surface area contributed by atoms with Gasteiger partial charge in [-0.3, -0.25) is 14.9 Å². The predicted octanol–water partition coefficient (Wildman–Crippen LogP) is 4.25. The number of benzene rings is 1. The van der Waals surface area contributed by atoms with Gasteiger partial charge in [-0.1, -0.05) is 52.7 Å². The van der Waals surface area contributed by atoms with Crippen LogP contribution in [-0.4, -0.2) is 46.3 Å². The van der Waals surface area contributed by atoms with Crippen molar-refractivity contribution in [3.8, 4) is 12.3 Å². The second kappa shape index (κ2) is 10.4. The van der Waals surface area contributed by atoms with E-state index in [4.69, 9.17) is 11.4 Å². The van der Waals surface area contributed by atoms with Crippen molar-refractivity contribution in [2.45, 2.75) is 77.7 Å². The number of fused-ring (bicyclic) bond motifs is 2. The monoisotopic (exact) mass is 537 g/mol. The predicted molar refractivity (Wildman–Crippen MR) is 150 cm³/mol. The first-order valence-corrected chi connectivity index (χ1v) is 14.1. The van der Waals surface area contributed by atoms with E-state index in [0.717, 1.165) is 16.1 Å². The molecule has 2 aromatic rings. The molecule has 4 N–H and O–H groups in total. The summed E-state index contributed by atoms with van der Waals surface area (Å²) in [7, 11) is 0. The molecular weight excluding hydrogens is 498 g/mol. The maximum atomic E-state index is 13.1. The summed E-state index contributed by atoms with van der Waals surface area (Å²) in [5, 5.41) is 27.5. The lowest BCUT2D eigenvalue weighted by atomic mass is 9.47. The number of carbonyl (C=O) groups excluding carboxylic acids is 2. The van der Waals surface area contributed by atoms with E-state index in [1.165, 1.54) is 11.3 Å². The molecule has 0 bridgehead atoms. The third kappa shape index (κ3) is 5.12. The summed E-state index contributed by atoms with van der Waals surface area (Å²) in [5.74, 6) is 1.75. The van der Waals surface area contributed by atoms with E-state index < -0.39 is 11.5 Å². The fourth-order valence-electron chi connectivity index (χ4n) is 6.40. The fourth-order valence-corrected chi connectivity index (χ4v) is 7.46. The zero-order valence-electron chi connectivity index (χ0n) is 22.9. The highest BCUT2D eigenvalue weighted by atomic mass is 32.1. The van der Waals surface area contributed by atoms with Crippen molar-refractivity contribution >= 4 is 28.3 Å². The number of rotatable bonds is 6. The zero-order chi connectivity index (χ0) is 27.9. The largest absolute Gasteiger partial charge is 0.396 e. The lowest BCUT2D eigenvalue weighted by Gasteiger charge is -2.58. The van der Waals surface area contributed by atoms with Crippen LogP contribution < -0.4 is 10.6 Å². The molecule has 1 aromatic carbocycles. The molecule has 1 fully saturated rings. The second-order valence-corrected chi connectivity index (χ2v) is 13.4. The van der Waals surface area contributed by atoms with Gasteiger partial charge < -0.3 is 15.5 Å². The van der Waals surface area contributed by atoms with E-state index in [0.29, 0.717) is 30.0 Å². The van der Waals surface area contributed by atoms with Crippen molar-refractivity contribution < 1.29 is 19.8 Å². The topological polar surface area (TPSA) is 112 Å². The smallest absolute Gasteiger partial charge is 0.257 e. The molecule has 4 rings (SSSR count). The number of hydrogen-bond acceptors (Lipinski definition) is 6. The third-order valence-electron chi connectivity index (χ3n) is 8.90. The number of anilines is 1. The number of aliphatic hydroxyl groups is 2. The molecule has 2 amide bonds. The molecule has 2 aliphatic rings. The zero-order valence-corrected chi connectivity index (χ0v) is 23.7. The first-order chi connectivity index (χ1) is 17.8. The molecule has 7 nitrogen and oxygen atoms in total. The molecule has 1 heterocycles. The Morgan fingerprint density at radius 3 is 2.53 bits per heavy atom. The van der Waals surface area contributed by atoms with E-state index >= 15 is 0 Å². The van der Waals surface area contributed by atoms with Crippen LogP contribution in [0, 0.1) is 29.1 Å². The van der Waals surface area contributed by atoms with Crippen LogP contribution in [0.25, 0.3) is 0 Å². The molecule has 2 aliphatic carbocycles. The maximum Gasteiger partial charge on any atom is 0.257 e. The minimum Gasteiger partial charge on any atom is -0.396 e. The number of carbonyl (C=O) groups is 2. The summed E-state index contributed by atoms with van der Waals surface area (Å²) in [4.78, 5) is 31.8. The number of nitrogens with zero attached hydrogens (tertiary/aromatic N) is 1. The van der Waals surface area contributed by atoms with E-state index in [1.54, 1.807) is 0 Å². The fraction of sp³-hybridized carbons (Fsp3) is 0.567. The number of aromatic nitrogens is 1. The minimum atomic E-state index is -0.708. The SMILES string of the molecule is C#CCNC(=O)C[C@@H]1c2nc(NC(=O)c3ccc(C(C)(C)C)cc3)sc2C[C@@H]2[C@](C)(CO)[C@H](O)CC[C@]21C. The first-order valence-electron chi connectivity index (χ1n) is 13.2. The molecule has 5 atom stereocenters. The molecule has 0 radical (unpaired) electrons. The Hall–Kier alpha value is -2.73. The number of amides is 2. The average Bonchev–Trinajstić information content (AvgIpc) is 3.28. The van der Waals surface area contributed by atoms with Crippen molar-refractivity contribution in [3.63, 3.8) is 0 Å². The van der Waals surface area contributed by atoms with E-state index in [9.17, 15) is 19.8 Å². The molecule has 1 saturated carbocycles. The molecule has 8 heteroatoms. The quantitative estimate of drug-likeness (QED) is 0.412. The van der Waals surface area contributed by atoms with Gasteiger partial charge in [0, 0.05) is 28.2 Å². The summed E-state index contributed by atoms with van der Waals surface area (Å²) in [6, 6.07) is 7.59. The van der Waals surface area contributed by atoms with Gasteiger partial charge in [0.1, 0.15) is 0 Å². The van der Waals surface area contributed by atoms with Crippen molar-refractivity contribution in [1.82, 2.24) is 10.3 Å². The van der Waals surface area contributed by atoms with Gasteiger partial charge in [0.15, 0.2) is 5.13 Å². The van der Waals surface area contributed by atoms with Crippen LogP contribution in [0.3, 0.4) is 0 Å². The Balaban J connectivity index is 1.66. The minimum absolute atomic E-state index is 0.00553. The van der Waals surface area contributed by atoms with E-state index in [-0.39, 0.29) is 54.1 Å². The van der Waals surface area contributed by atoms with Crippen LogP contribution >= 0.6 is 11.3 Å². The number of terminal acetylenes is 1. The van der Waals surface area contributed by atoms with Crippen LogP contribution in [-0.2, 0) is 16.6 Å². The Bertz CT molecular complexity index is 1240. The summed E-state index contributed by atoms with van der Waals surface area (Å²) >= 11 is 1.41. The number of aliphatic hydroxyl groups excluding tert-OH is 2. The number of hydrogen-bond donors (Lipinski definition) is 4. The summed E-state index contributed by atoms with van der Waals surface area (Å²) in [6.07, 6.45) is 6.78. The molecule has 1 aromatic heterocycles. The van der Waals surface area contributed by atoms with Crippen molar-refractivity contribution in [3.05, 3.63) is 46.0 Å². The molecule has 0 unspecified atom stereocenters. The first kappa shape index (κ1) is 28.3. The Kier molecular flexibility index (Phi) is 7.77. The van der Waals surface area contributed by atoms with Crippen molar-refractivity contribution in [2.24, 2.45) is 16.7 Å². The molecule has 0 saturated heterocycles. The van der Waals surface area contributed by atoms with Gasteiger partial charge in [-0.25, -0.2) is 4.98 Å². The highest BCUT2D eigenvalue weighted by Gasteiger charge is 2.59. The molecular formula is C30H39N3O4S. The Labute approximate surface area is 229 Å². The van der Waals surface area contributed by atoms with Crippen LogP contribution in [0.5, 0.6) is 0 Å². The lowest BCUT2D eigenvalue weighted by Crippen LogP contribution is -2.57. The molecule has 0 aliphatic heterocycles. The number of thiazole rings is 1. The van der Waals surface area contributed by atoms with Crippen molar-refractivity contribution in [2.75, 3.05) is 18.5 Å². The second-order valence-electron chi connectivity index (χ2n) is 12.3. The van der Waals surface area contributed by atoms with Gasteiger partial charge in [-0.2, -0.15) is 0 Å². The van der Waals surface area contributed by atoms with Crippen molar-refractivity contribution in [1.29, 1.82) is 0 Å². The Morgan fingerprint density at radius 2 is 1.92 bits per heavy atom. The molecule has 38 heavy (non-hydrogen) atoms. The van der Waals surface area contributed by atoms with Gasteiger partial charge in [-0.15, -0.1) is 17.8 Å².